The summed E-state index contributed by atoms with van der Waals surface area (Å²) in [7, 11) is 0. The molecule has 0 aliphatic heterocycles. The van der Waals surface area contributed by atoms with Gasteiger partial charge in [-0.25, -0.2) is 0 Å². The highest BCUT2D eigenvalue weighted by Gasteiger charge is 2.22. The van der Waals surface area contributed by atoms with Crippen molar-refractivity contribution in [1.82, 2.24) is 0 Å². The Morgan fingerprint density at radius 3 is 2.05 bits per heavy atom. The maximum Gasteiger partial charge on any atom is 0.328 e. The summed E-state index contributed by atoms with van der Waals surface area (Å²) < 4.78 is 5.56. The van der Waals surface area contributed by atoms with E-state index in [-0.39, 0.29) is 5.56 Å². The zero-order valence-electron chi connectivity index (χ0n) is 10.5. The number of para-hydroxylation sites is 1. The monoisotopic (exact) mass is 271 g/mol. The second-order valence-corrected chi connectivity index (χ2v) is 4.12. The van der Waals surface area contributed by atoms with Gasteiger partial charge in [-0.1, -0.05) is 18.2 Å². The Hall–Kier alpha value is -2.66. The highest BCUT2D eigenvalue weighted by atomic mass is 16.5. The number of carboxylic acid groups (broad SMARTS) is 1. The number of carboxylic acids is 1. The molecule has 2 aromatic carbocycles. The van der Waals surface area contributed by atoms with E-state index in [9.17, 15) is 9.59 Å². The molecule has 0 heterocycles. The lowest BCUT2D eigenvalue weighted by Crippen LogP contribution is -2.38. The minimum Gasteiger partial charge on any atom is -0.480 e. The summed E-state index contributed by atoms with van der Waals surface area (Å²) in [6.07, 6.45) is 0. The van der Waals surface area contributed by atoms with Crippen LogP contribution in [0.2, 0.25) is 0 Å². The van der Waals surface area contributed by atoms with E-state index in [2.05, 4.69) is 0 Å². The summed E-state index contributed by atoms with van der Waals surface area (Å²) in [5.41, 5.74) is 5.51. The van der Waals surface area contributed by atoms with Gasteiger partial charge in [-0.15, -0.1) is 0 Å². The molecule has 0 aliphatic rings. The molecule has 2 aromatic rings. The Labute approximate surface area is 115 Å². The first kappa shape index (κ1) is 13.8. The van der Waals surface area contributed by atoms with E-state index in [4.69, 9.17) is 15.6 Å². The number of carbonyl (C=O) groups is 2. The molecule has 0 amide bonds. The van der Waals surface area contributed by atoms with Crippen molar-refractivity contribution in [2.75, 3.05) is 0 Å². The van der Waals surface area contributed by atoms with Crippen LogP contribution in [0.5, 0.6) is 11.5 Å². The van der Waals surface area contributed by atoms with Gasteiger partial charge in [0.1, 0.15) is 11.5 Å². The Bertz CT molecular complexity index is 608. The summed E-state index contributed by atoms with van der Waals surface area (Å²) in [5.74, 6) is -0.756. The third-order valence-electron chi connectivity index (χ3n) is 2.67. The number of Topliss-reactive ketones (excluding diaryl/α,β-unsaturated/α-hetero) is 1. The second kappa shape index (κ2) is 5.99. The Morgan fingerprint density at radius 2 is 1.50 bits per heavy atom. The smallest absolute Gasteiger partial charge is 0.328 e. The van der Waals surface area contributed by atoms with E-state index < -0.39 is 17.8 Å². The lowest BCUT2D eigenvalue weighted by atomic mass is 10.1. The average Bonchev–Trinajstić information content (AvgIpc) is 2.47. The number of rotatable bonds is 5. The van der Waals surface area contributed by atoms with Gasteiger partial charge in [0.05, 0.1) is 0 Å². The largest absolute Gasteiger partial charge is 0.480 e. The highest BCUT2D eigenvalue weighted by Crippen LogP contribution is 2.21. The normalized spacial score (nSPS) is 11.7. The van der Waals surface area contributed by atoms with Crippen LogP contribution in [0, 0.1) is 0 Å². The molecule has 5 nitrogen and oxygen atoms in total. The molecular formula is C15H13NO4. The van der Waals surface area contributed by atoms with Crippen LogP contribution < -0.4 is 10.5 Å². The van der Waals surface area contributed by atoms with Crippen LogP contribution in [0.1, 0.15) is 10.4 Å². The summed E-state index contributed by atoms with van der Waals surface area (Å²) in [6, 6.07) is 13.8. The van der Waals surface area contributed by atoms with Gasteiger partial charge in [0, 0.05) is 5.56 Å². The molecule has 20 heavy (non-hydrogen) atoms. The van der Waals surface area contributed by atoms with Crippen LogP contribution >= 0.6 is 0 Å². The van der Waals surface area contributed by atoms with Crippen molar-refractivity contribution in [3.8, 4) is 11.5 Å². The van der Waals surface area contributed by atoms with Crippen LogP contribution in [0.3, 0.4) is 0 Å². The van der Waals surface area contributed by atoms with Crippen LogP contribution in [0.4, 0.5) is 0 Å². The molecule has 1 atom stereocenters. The zero-order chi connectivity index (χ0) is 14.5. The van der Waals surface area contributed by atoms with E-state index >= 15 is 0 Å². The molecule has 0 bridgehead atoms. The van der Waals surface area contributed by atoms with Gasteiger partial charge < -0.3 is 15.6 Å². The number of aliphatic carboxylic acids is 1. The fourth-order valence-corrected chi connectivity index (χ4v) is 1.60. The van der Waals surface area contributed by atoms with E-state index in [1.165, 1.54) is 12.1 Å². The molecule has 0 saturated carbocycles. The van der Waals surface area contributed by atoms with Crippen molar-refractivity contribution in [3.63, 3.8) is 0 Å². The standard InChI is InChI=1S/C15H13NO4/c16-13(15(18)19)14(17)10-6-8-12(9-7-10)20-11-4-2-1-3-5-11/h1-9,13H,16H2,(H,18,19). The summed E-state index contributed by atoms with van der Waals surface area (Å²) >= 11 is 0. The number of hydrogen-bond acceptors (Lipinski definition) is 4. The molecule has 0 aromatic heterocycles. The predicted molar refractivity (Wildman–Crippen MR) is 72.9 cm³/mol. The molecule has 0 radical (unpaired) electrons. The Morgan fingerprint density at radius 1 is 0.950 bits per heavy atom. The number of ether oxygens (including phenoxy) is 1. The zero-order valence-corrected chi connectivity index (χ0v) is 10.5. The quantitative estimate of drug-likeness (QED) is 0.642. The van der Waals surface area contributed by atoms with Crippen molar-refractivity contribution >= 4 is 11.8 Å². The van der Waals surface area contributed by atoms with Crippen LogP contribution in [-0.4, -0.2) is 22.9 Å². The first-order valence-electron chi connectivity index (χ1n) is 5.93. The topological polar surface area (TPSA) is 89.6 Å². The first-order chi connectivity index (χ1) is 9.58. The lowest BCUT2D eigenvalue weighted by Gasteiger charge is -2.08. The van der Waals surface area contributed by atoms with Gasteiger partial charge in [-0.2, -0.15) is 0 Å². The molecule has 5 heteroatoms. The lowest BCUT2D eigenvalue weighted by molar-refractivity contribution is -0.137. The second-order valence-electron chi connectivity index (χ2n) is 4.12. The van der Waals surface area contributed by atoms with Crippen molar-refractivity contribution in [2.45, 2.75) is 6.04 Å². The van der Waals surface area contributed by atoms with Crippen molar-refractivity contribution < 1.29 is 19.4 Å². The SMILES string of the molecule is NC(C(=O)O)C(=O)c1ccc(Oc2ccccc2)cc1. The van der Waals surface area contributed by atoms with Gasteiger partial charge in [0.2, 0.25) is 0 Å². The summed E-state index contributed by atoms with van der Waals surface area (Å²) in [5, 5.41) is 8.69. The van der Waals surface area contributed by atoms with Crippen LogP contribution in [0.15, 0.2) is 54.6 Å². The van der Waals surface area contributed by atoms with E-state index in [0.717, 1.165) is 0 Å². The minimum absolute atomic E-state index is 0.236. The average molecular weight is 271 g/mol. The molecular weight excluding hydrogens is 258 g/mol. The van der Waals surface area contributed by atoms with Crippen molar-refractivity contribution in [3.05, 3.63) is 60.2 Å². The Balaban J connectivity index is 2.10. The maximum absolute atomic E-state index is 11.7. The number of ketones is 1. The first-order valence-corrected chi connectivity index (χ1v) is 5.93. The Kier molecular flexibility index (Phi) is 4.12. The minimum atomic E-state index is -1.55. The third-order valence-corrected chi connectivity index (χ3v) is 2.67. The van der Waals surface area contributed by atoms with Crippen LogP contribution in [-0.2, 0) is 4.79 Å². The number of carbonyl (C=O) groups excluding carboxylic acids is 1. The molecule has 102 valence electrons. The van der Waals surface area contributed by atoms with Crippen LogP contribution in [0.25, 0.3) is 0 Å². The summed E-state index contributed by atoms with van der Waals surface area (Å²) in [6.45, 7) is 0. The van der Waals surface area contributed by atoms with E-state index in [1.807, 2.05) is 18.2 Å². The number of hydrogen-bond donors (Lipinski definition) is 2. The highest BCUT2D eigenvalue weighted by molar-refractivity contribution is 6.11. The molecule has 0 aliphatic carbocycles. The van der Waals surface area contributed by atoms with Gasteiger partial charge in [0.25, 0.3) is 0 Å². The third kappa shape index (κ3) is 3.21. The van der Waals surface area contributed by atoms with Gasteiger partial charge in [-0.05, 0) is 36.4 Å². The van der Waals surface area contributed by atoms with E-state index in [1.54, 1.807) is 24.3 Å². The van der Waals surface area contributed by atoms with Gasteiger partial charge in [-0.3, -0.25) is 9.59 Å². The number of benzene rings is 2. The van der Waals surface area contributed by atoms with Gasteiger partial charge >= 0.3 is 5.97 Å². The molecule has 2 rings (SSSR count). The summed E-state index contributed by atoms with van der Waals surface area (Å²) in [4.78, 5) is 22.4. The van der Waals surface area contributed by atoms with Crippen molar-refractivity contribution in [2.24, 2.45) is 5.73 Å². The molecule has 3 N–H and O–H groups in total. The fraction of sp³-hybridized carbons (Fsp3) is 0.0667. The number of nitrogens with two attached hydrogens (primary N) is 1. The predicted octanol–water partition coefficient (Wildman–Crippen LogP) is 2.07. The molecule has 0 fully saturated rings. The van der Waals surface area contributed by atoms with Crippen molar-refractivity contribution in [1.29, 1.82) is 0 Å². The van der Waals surface area contributed by atoms with Gasteiger partial charge in [0.15, 0.2) is 11.8 Å². The maximum atomic E-state index is 11.7. The fourth-order valence-electron chi connectivity index (χ4n) is 1.60. The molecule has 1 unspecified atom stereocenters. The molecule has 0 spiro atoms. The van der Waals surface area contributed by atoms with E-state index in [0.29, 0.717) is 11.5 Å². The molecule has 0 saturated heterocycles.